The van der Waals surface area contributed by atoms with E-state index in [4.69, 9.17) is 14.4 Å². The van der Waals surface area contributed by atoms with Crippen LogP contribution in [0, 0.1) is 0 Å². The van der Waals surface area contributed by atoms with Gasteiger partial charge in [0.1, 0.15) is 11.2 Å². The van der Waals surface area contributed by atoms with Gasteiger partial charge in [0.2, 0.25) is 0 Å². The van der Waals surface area contributed by atoms with E-state index < -0.39 is 0 Å². The van der Waals surface area contributed by atoms with Crippen molar-refractivity contribution in [2.45, 2.75) is 19.8 Å². The standard InChI is InChI=1S/C55H38N2O/c1-35-19-28-50(45-26-25-42-30-41(23-24-43(42)31-45)36-11-3-2-4-12-36)56-55(57-54(35)46-27-21-38-14-6-8-16-40(38)32-46)49-33-47(44-22-20-37-13-5-7-15-39(37)29-44)34-52-53(49)48-17-9-10-18-51(48)58-52/h2-18,20-27,29-34H,19,28H2,1H3/b54-35+,56-50?,57-55?. The summed E-state index contributed by atoms with van der Waals surface area (Å²) in [6, 6.07) is 67.2. The molecule has 274 valence electrons. The van der Waals surface area contributed by atoms with E-state index in [0.717, 1.165) is 74.0 Å². The molecule has 0 amide bonds. The van der Waals surface area contributed by atoms with Crippen molar-refractivity contribution in [1.29, 1.82) is 0 Å². The lowest BCUT2D eigenvalue weighted by molar-refractivity contribution is 0.669. The van der Waals surface area contributed by atoms with Crippen LogP contribution in [0.4, 0.5) is 0 Å². The maximum Gasteiger partial charge on any atom is 0.160 e. The van der Waals surface area contributed by atoms with Crippen molar-refractivity contribution in [3.8, 4) is 22.3 Å². The number of rotatable bonds is 5. The summed E-state index contributed by atoms with van der Waals surface area (Å²) in [5.41, 5.74) is 12.6. The highest BCUT2D eigenvalue weighted by molar-refractivity contribution is 6.23. The highest BCUT2D eigenvalue weighted by Crippen LogP contribution is 2.39. The van der Waals surface area contributed by atoms with Crippen LogP contribution in [0.15, 0.2) is 208 Å². The normalized spacial score (nSPS) is 14.8. The predicted molar refractivity (Wildman–Crippen MR) is 245 cm³/mol. The Morgan fingerprint density at radius 3 is 1.69 bits per heavy atom. The lowest BCUT2D eigenvalue weighted by Crippen LogP contribution is -2.11. The number of amidine groups is 1. The predicted octanol–water partition coefficient (Wildman–Crippen LogP) is 14.8. The molecule has 0 atom stereocenters. The summed E-state index contributed by atoms with van der Waals surface area (Å²) in [5, 5.41) is 9.26. The van der Waals surface area contributed by atoms with Crippen LogP contribution in [0.5, 0.6) is 0 Å². The molecule has 0 spiro atoms. The monoisotopic (exact) mass is 742 g/mol. The first kappa shape index (κ1) is 33.9. The molecule has 2 heterocycles. The molecule has 0 unspecified atom stereocenters. The van der Waals surface area contributed by atoms with E-state index in [1.54, 1.807) is 0 Å². The molecule has 0 radical (unpaired) electrons. The summed E-state index contributed by atoms with van der Waals surface area (Å²) >= 11 is 0. The number of para-hydroxylation sites is 1. The molecule has 58 heavy (non-hydrogen) atoms. The van der Waals surface area contributed by atoms with Crippen molar-refractivity contribution in [2.75, 3.05) is 0 Å². The van der Waals surface area contributed by atoms with Gasteiger partial charge >= 0.3 is 0 Å². The summed E-state index contributed by atoms with van der Waals surface area (Å²) in [7, 11) is 0. The summed E-state index contributed by atoms with van der Waals surface area (Å²) in [4.78, 5) is 11.3. The molecule has 10 aromatic rings. The molecule has 3 nitrogen and oxygen atoms in total. The maximum atomic E-state index is 6.66. The van der Waals surface area contributed by atoms with Crippen LogP contribution in [0.2, 0.25) is 0 Å². The van der Waals surface area contributed by atoms with Gasteiger partial charge in [0.25, 0.3) is 0 Å². The molecule has 1 aliphatic rings. The molecular formula is C55H38N2O. The molecule has 9 aromatic carbocycles. The third-order valence-electron chi connectivity index (χ3n) is 11.7. The molecular weight excluding hydrogens is 705 g/mol. The van der Waals surface area contributed by atoms with Crippen molar-refractivity contribution >= 4 is 71.5 Å². The fourth-order valence-electron chi connectivity index (χ4n) is 8.61. The van der Waals surface area contributed by atoms with Gasteiger partial charge in [-0.3, -0.25) is 0 Å². The van der Waals surface area contributed by atoms with Gasteiger partial charge in [0.05, 0.1) is 11.4 Å². The van der Waals surface area contributed by atoms with Gasteiger partial charge in [-0.05, 0) is 128 Å². The topological polar surface area (TPSA) is 37.9 Å². The fourth-order valence-corrected chi connectivity index (χ4v) is 8.61. The number of allylic oxidation sites excluding steroid dienone is 1. The Bertz CT molecular complexity index is 3350. The zero-order chi connectivity index (χ0) is 38.6. The lowest BCUT2D eigenvalue weighted by atomic mass is 9.94. The van der Waals surface area contributed by atoms with Gasteiger partial charge < -0.3 is 4.42 Å². The molecule has 0 saturated carbocycles. The molecule has 0 aliphatic carbocycles. The van der Waals surface area contributed by atoms with Crippen LogP contribution in [-0.2, 0) is 0 Å². The van der Waals surface area contributed by atoms with Crippen LogP contribution in [0.25, 0.3) is 82.2 Å². The van der Waals surface area contributed by atoms with Gasteiger partial charge in [-0.2, -0.15) is 0 Å². The van der Waals surface area contributed by atoms with E-state index in [-0.39, 0.29) is 0 Å². The molecule has 0 fully saturated rings. The molecule has 11 rings (SSSR count). The van der Waals surface area contributed by atoms with Crippen LogP contribution in [0.3, 0.4) is 0 Å². The van der Waals surface area contributed by atoms with Crippen LogP contribution in [0.1, 0.15) is 36.5 Å². The molecule has 1 aliphatic heterocycles. The molecule has 1 aromatic heterocycles. The second-order valence-corrected chi connectivity index (χ2v) is 15.4. The maximum absolute atomic E-state index is 6.66. The van der Waals surface area contributed by atoms with E-state index in [0.29, 0.717) is 5.84 Å². The highest BCUT2D eigenvalue weighted by Gasteiger charge is 2.22. The summed E-state index contributed by atoms with van der Waals surface area (Å²) < 4.78 is 6.66. The number of aliphatic imine (C=N–C) groups is 2. The number of hydrogen-bond acceptors (Lipinski definition) is 3. The second kappa shape index (κ2) is 14.0. The number of benzene rings is 9. The van der Waals surface area contributed by atoms with Crippen molar-refractivity contribution in [3.63, 3.8) is 0 Å². The van der Waals surface area contributed by atoms with E-state index >= 15 is 0 Å². The summed E-state index contributed by atoms with van der Waals surface area (Å²) in [6.07, 6.45) is 1.61. The van der Waals surface area contributed by atoms with Crippen LogP contribution < -0.4 is 0 Å². The fraction of sp³-hybridized carbons (Fsp3) is 0.0545. The molecule has 0 N–H and O–H groups in total. The minimum absolute atomic E-state index is 0.677. The number of fused-ring (bicyclic) bond motifs is 6. The van der Waals surface area contributed by atoms with Crippen LogP contribution >= 0.6 is 0 Å². The minimum atomic E-state index is 0.677. The average molecular weight is 743 g/mol. The first-order valence-electron chi connectivity index (χ1n) is 20.0. The Morgan fingerprint density at radius 1 is 0.397 bits per heavy atom. The average Bonchev–Trinajstić information content (AvgIpc) is 3.66. The Morgan fingerprint density at radius 2 is 0.948 bits per heavy atom. The zero-order valence-corrected chi connectivity index (χ0v) is 32.1. The summed E-state index contributed by atoms with van der Waals surface area (Å²) in [6.45, 7) is 2.23. The number of hydrogen-bond donors (Lipinski definition) is 0. The van der Waals surface area contributed by atoms with Gasteiger partial charge in [0.15, 0.2) is 5.84 Å². The molecule has 0 saturated heterocycles. The van der Waals surface area contributed by atoms with E-state index in [1.165, 1.54) is 49.0 Å². The van der Waals surface area contributed by atoms with Gasteiger partial charge in [0, 0.05) is 21.9 Å². The Balaban J connectivity index is 1.14. The largest absolute Gasteiger partial charge is 0.456 e. The SMILES string of the molecule is C/C1=C(/c2ccc3ccccc3c2)N=C(c2cc(-c3ccc4ccccc4c3)cc3oc4ccccc4c23)N=C(c2ccc3cc(-c4ccccc4)ccc3c2)CC1. The highest BCUT2D eigenvalue weighted by atomic mass is 16.3. The van der Waals surface area contributed by atoms with Crippen molar-refractivity contribution in [2.24, 2.45) is 9.98 Å². The zero-order valence-electron chi connectivity index (χ0n) is 32.1. The third kappa shape index (κ3) is 6.09. The molecule has 3 heteroatoms. The quantitative estimate of drug-likeness (QED) is 0.173. The third-order valence-corrected chi connectivity index (χ3v) is 11.7. The van der Waals surface area contributed by atoms with Crippen molar-refractivity contribution < 1.29 is 4.42 Å². The van der Waals surface area contributed by atoms with Crippen molar-refractivity contribution in [3.05, 3.63) is 210 Å². The number of nitrogens with zero attached hydrogens (tertiary/aromatic N) is 2. The van der Waals surface area contributed by atoms with E-state index in [9.17, 15) is 0 Å². The number of furan rings is 1. The van der Waals surface area contributed by atoms with Gasteiger partial charge in [-0.15, -0.1) is 0 Å². The van der Waals surface area contributed by atoms with Crippen molar-refractivity contribution in [1.82, 2.24) is 0 Å². The smallest absolute Gasteiger partial charge is 0.160 e. The lowest BCUT2D eigenvalue weighted by Gasteiger charge is -2.18. The van der Waals surface area contributed by atoms with Gasteiger partial charge in [-0.1, -0.05) is 146 Å². The first-order chi connectivity index (χ1) is 28.6. The summed E-state index contributed by atoms with van der Waals surface area (Å²) in [5.74, 6) is 0.677. The first-order valence-corrected chi connectivity index (χ1v) is 20.0. The van der Waals surface area contributed by atoms with Gasteiger partial charge in [-0.25, -0.2) is 9.98 Å². The second-order valence-electron chi connectivity index (χ2n) is 15.4. The molecule has 0 bridgehead atoms. The van der Waals surface area contributed by atoms with E-state index in [1.807, 2.05) is 12.1 Å². The van der Waals surface area contributed by atoms with E-state index in [2.05, 4.69) is 183 Å². The van der Waals surface area contributed by atoms with Crippen LogP contribution in [-0.4, -0.2) is 11.5 Å². The Kier molecular flexibility index (Phi) is 8.18. The Labute approximate surface area is 337 Å². The minimum Gasteiger partial charge on any atom is -0.456 e. The Hall–Kier alpha value is -7.36.